The van der Waals surface area contributed by atoms with Gasteiger partial charge in [-0.25, -0.2) is 10.5 Å². The van der Waals surface area contributed by atoms with Gasteiger partial charge in [0.25, 0.3) is 5.91 Å². The van der Waals surface area contributed by atoms with E-state index in [1.165, 1.54) is 11.8 Å². The molecule has 0 spiro atoms. The van der Waals surface area contributed by atoms with Gasteiger partial charge < -0.3 is 4.98 Å². The SMILES string of the molecule is O=C(NO)C(Cc1cnc[nH]1)Sc1ccccc1Br. The fraction of sp³-hybridized carbons (Fsp3) is 0.167. The zero-order chi connectivity index (χ0) is 13.7. The van der Waals surface area contributed by atoms with Crippen molar-refractivity contribution in [1.29, 1.82) is 0 Å². The summed E-state index contributed by atoms with van der Waals surface area (Å²) in [4.78, 5) is 19.5. The van der Waals surface area contributed by atoms with Gasteiger partial charge in [0.1, 0.15) is 0 Å². The van der Waals surface area contributed by atoms with Gasteiger partial charge in [0.15, 0.2) is 0 Å². The first-order chi connectivity index (χ1) is 9.20. The zero-order valence-corrected chi connectivity index (χ0v) is 12.2. The number of aromatic nitrogens is 2. The molecule has 0 bridgehead atoms. The van der Waals surface area contributed by atoms with Crippen LogP contribution >= 0.6 is 27.7 Å². The Labute approximate surface area is 122 Å². The number of nitrogens with one attached hydrogen (secondary N) is 2. The molecule has 0 aliphatic carbocycles. The minimum absolute atomic E-state index is 0.435. The molecule has 5 nitrogen and oxygen atoms in total. The molecule has 0 saturated carbocycles. The normalized spacial score (nSPS) is 12.1. The van der Waals surface area contributed by atoms with E-state index in [9.17, 15) is 4.79 Å². The van der Waals surface area contributed by atoms with Crippen molar-refractivity contribution in [3.05, 3.63) is 47.0 Å². The molecule has 3 N–H and O–H groups in total. The Bertz CT molecular complexity index is 548. The Morgan fingerprint density at radius 1 is 1.53 bits per heavy atom. The highest BCUT2D eigenvalue weighted by molar-refractivity contribution is 9.10. The highest BCUT2D eigenvalue weighted by Crippen LogP contribution is 2.31. The molecule has 100 valence electrons. The maximum absolute atomic E-state index is 11.7. The molecule has 0 aliphatic rings. The Kier molecular flexibility index (Phi) is 5.00. The van der Waals surface area contributed by atoms with Crippen LogP contribution in [0, 0.1) is 0 Å². The molecule has 1 atom stereocenters. The number of hydroxylamine groups is 1. The van der Waals surface area contributed by atoms with Gasteiger partial charge in [0.2, 0.25) is 0 Å². The summed E-state index contributed by atoms with van der Waals surface area (Å²) in [5.74, 6) is -0.435. The summed E-state index contributed by atoms with van der Waals surface area (Å²) in [5, 5.41) is 8.39. The molecular weight excluding hydrogens is 330 g/mol. The van der Waals surface area contributed by atoms with Gasteiger partial charge in [-0.1, -0.05) is 12.1 Å². The summed E-state index contributed by atoms with van der Waals surface area (Å²) in [6, 6.07) is 7.63. The van der Waals surface area contributed by atoms with Crippen molar-refractivity contribution in [2.24, 2.45) is 0 Å². The second-order valence-corrected chi connectivity index (χ2v) is 5.89. The van der Waals surface area contributed by atoms with Crippen LogP contribution in [0.2, 0.25) is 0 Å². The number of nitrogens with zero attached hydrogens (tertiary/aromatic N) is 1. The van der Waals surface area contributed by atoms with E-state index in [0.29, 0.717) is 6.42 Å². The fourth-order valence-corrected chi connectivity index (χ4v) is 3.18. The van der Waals surface area contributed by atoms with Crippen LogP contribution in [-0.2, 0) is 11.2 Å². The van der Waals surface area contributed by atoms with Gasteiger partial charge in [-0.3, -0.25) is 10.0 Å². The average molecular weight is 342 g/mol. The number of amides is 1. The minimum atomic E-state index is -0.441. The molecule has 0 radical (unpaired) electrons. The number of imidazole rings is 1. The van der Waals surface area contributed by atoms with Crippen molar-refractivity contribution in [3.8, 4) is 0 Å². The molecule has 1 aromatic carbocycles. The molecular formula is C12H12BrN3O2S. The standard InChI is InChI=1S/C12H12BrN3O2S/c13-9-3-1-2-4-10(9)19-11(12(17)16-18)5-8-6-14-7-15-8/h1-4,6-7,11,18H,5H2,(H,14,15)(H,16,17). The molecule has 1 heterocycles. The number of thioether (sulfide) groups is 1. The van der Waals surface area contributed by atoms with E-state index in [1.54, 1.807) is 18.0 Å². The number of aromatic amines is 1. The van der Waals surface area contributed by atoms with Crippen molar-refractivity contribution in [1.82, 2.24) is 15.4 Å². The first-order valence-corrected chi connectivity index (χ1v) is 7.20. The van der Waals surface area contributed by atoms with Crippen LogP contribution < -0.4 is 5.48 Å². The Morgan fingerprint density at radius 3 is 2.95 bits per heavy atom. The van der Waals surface area contributed by atoms with Crippen LogP contribution in [0.5, 0.6) is 0 Å². The van der Waals surface area contributed by atoms with Crippen molar-refractivity contribution in [2.75, 3.05) is 0 Å². The third-order valence-electron chi connectivity index (χ3n) is 2.47. The second kappa shape index (κ2) is 6.74. The van der Waals surface area contributed by atoms with Crippen molar-refractivity contribution in [3.63, 3.8) is 0 Å². The average Bonchev–Trinajstić information content (AvgIpc) is 2.92. The number of H-pyrrole nitrogens is 1. The van der Waals surface area contributed by atoms with E-state index in [2.05, 4.69) is 25.9 Å². The number of hydrogen-bond donors (Lipinski definition) is 3. The van der Waals surface area contributed by atoms with Gasteiger partial charge in [0, 0.05) is 27.7 Å². The van der Waals surface area contributed by atoms with Gasteiger partial charge >= 0.3 is 0 Å². The predicted octanol–water partition coefficient (Wildman–Crippen LogP) is 2.38. The predicted molar refractivity (Wildman–Crippen MR) is 76.0 cm³/mol. The van der Waals surface area contributed by atoms with Crippen molar-refractivity contribution < 1.29 is 10.0 Å². The first kappa shape index (κ1) is 14.1. The Hall–Kier alpha value is -1.31. The lowest BCUT2D eigenvalue weighted by Crippen LogP contribution is -2.31. The molecule has 1 unspecified atom stereocenters. The van der Waals surface area contributed by atoms with Gasteiger partial charge in [0.05, 0.1) is 11.6 Å². The number of benzene rings is 1. The summed E-state index contributed by atoms with van der Waals surface area (Å²) < 4.78 is 0.917. The number of halogens is 1. The molecule has 2 aromatic rings. The molecule has 1 aromatic heterocycles. The maximum atomic E-state index is 11.7. The Balaban J connectivity index is 2.14. The largest absolute Gasteiger partial charge is 0.348 e. The van der Waals surface area contributed by atoms with E-state index in [1.807, 2.05) is 24.3 Å². The van der Waals surface area contributed by atoms with Gasteiger partial charge in [-0.15, -0.1) is 11.8 Å². The number of carbonyl (C=O) groups excluding carboxylic acids is 1. The van der Waals surface area contributed by atoms with E-state index >= 15 is 0 Å². The first-order valence-electron chi connectivity index (χ1n) is 5.53. The summed E-state index contributed by atoms with van der Waals surface area (Å²) in [5.41, 5.74) is 2.55. The summed E-state index contributed by atoms with van der Waals surface area (Å²) in [7, 11) is 0. The van der Waals surface area contributed by atoms with Crippen LogP contribution in [0.15, 0.2) is 46.2 Å². The van der Waals surface area contributed by atoms with Crippen LogP contribution in [-0.4, -0.2) is 26.3 Å². The fourth-order valence-electron chi connectivity index (χ4n) is 1.55. The third-order valence-corrected chi connectivity index (χ3v) is 4.70. The molecule has 1 amide bonds. The molecule has 0 fully saturated rings. The summed E-state index contributed by atoms with van der Waals surface area (Å²) >= 11 is 4.82. The van der Waals surface area contributed by atoms with E-state index < -0.39 is 11.2 Å². The quantitative estimate of drug-likeness (QED) is 0.443. The second-order valence-electron chi connectivity index (χ2n) is 3.79. The number of carbonyl (C=O) groups is 1. The van der Waals surface area contributed by atoms with E-state index in [0.717, 1.165) is 15.1 Å². The van der Waals surface area contributed by atoms with Crippen LogP contribution in [0.4, 0.5) is 0 Å². The van der Waals surface area contributed by atoms with Gasteiger partial charge in [-0.05, 0) is 28.1 Å². The molecule has 2 rings (SSSR count). The lowest BCUT2D eigenvalue weighted by Gasteiger charge is -2.14. The van der Waals surface area contributed by atoms with Crippen LogP contribution in [0.3, 0.4) is 0 Å². The smallest absolute Gasteiger partial charge is 0.257 e. The number of hydrogen-bond acceptors (Lipinski definition) is 4. The van der Waals surface area contributed by atoms with Crippen molar-refractivity contribution >= 4 is 33.6 Å². The Morgan fingerprint density at radius 2 is 2.32 bits per heavy atom. The third kappa shape index (κ3) is 3.82. The zero-order valence-electron chi connectivity index (χ0n) is 9.84. The molecule has 0 aliphatic heterocycles. The monoisotopic (exact) mass is 341 g/mol. The van der Waals surface area contributed by atoms with Crippen molar-refractivity contribution in [2.45, 2.75) is 16.6 Å². The minimum Gasteiger partial charge on any atom is -0.348 e. The number of rotatable bonds is 5. The summed E-state index contributed by atoms with van der Waals surface area (Å²) in [6.45, 7) is 0. The lowest BCUT2D eigenvalue weighted by molar-refractivity contribution is -0.128. The van der Waals surface area contributed by atoms with Crippen LogP contribution in [0.1, 0.15) is 5.69 Å². The maximum Gasteiger partial charge on any atom is 0.257 e. The summed E-state index contributed by atoms with van der Waals surface area (Å²) in [6.07, 6.45) is 3.68. The van der Waals surface area contributed by atoms with Crippen LogP contribution in [0.25, 0.3) is 0 Å². The molecule has 7 heteroatoms. The highest BCUT2D eigenvalue weighted by atomic mass is 79.9. The molecule has 19 heavy (non-hydrogen) atoms. The van der Waals surface area contributed by atoms with E-state index in [-0.39, 0.29) is 0 Å². The highest BCUT2D eigenvalue weighted by Gasteiger charge is 2.21. The van der Waals surface area contributed by atoms with Gasteiger partial charge in [-0.2, -0.15) is 0 Å². The molecule has 0 saturated heterocycles. The lowest BCUT2D eigenvalue weighted by atomic mass is 10.2. The van der Waals surface area contributed by atoms with E-state index in [4.69, 9.17) is 5.21 Å². The topological polar surface area (TPSA) is 78.0 Å².